The maximum absolute atomic E-state index is 6.01. The van der Waals surface area contributed by atoms with Crippen LogP contribution in [-0.2, 0) is 32.5 Å². The average Bonchev–Trinajstić information content (AvgIpc) is 1.69. The van der Waals surface area contributed by atoms with Gasteiger partial charge in [-0.2, -0.15) is 0 Å². The van der Waals surface area contributed by atoms with Gasteiger partial charge < -0.3 is 72.7 Å². The van der Waals surface area contributed by atoms with E-state index in [-0.39, 0.29) is 78.5 Å². The molecule has 10 aromatic rings. The summed E-state index contributed by atoms with van der Waals surface area (Å²) in [6.07, 6.45) is 5.71. The first-order valence-electron chi connectivity index (χ1n) is 45.4. The molecule has 0 fully saturated rings. The van der Waals surface area contributed by atoms with E-state index >= 15 is 0 Å². The zero-order valence-electron chi connectivity index (χ0n) is 84.7. The molecule has 10 rings (SSSR count). The van der Waals surface area contributed by atoms with Crippen LogP contribution < -0.4 is 55.0 Å². The molecule has 5 N–H and O–H groups in total. The molecule has 0 unspecified atom stereocenters. The molecule has 4 aromatic carbocycles. The van der Waals surface area contributed by atoms with Gasteiger partial charge in [-0.05, 0) is 269 Å². The SMILES string of the molecule is CC(C)(C)CCCCOc1ccc2oc(C(C)(C)C)cc2c1.CC(C)(C)NCCOc1ccc2oc(C(C)(C)C)cc2c1.CC(C)(C)NCCOc1cccc(C(C)(C)C)n1.C[C@@H](CNC(C)(C)C)Oc1ccc2oc(C(C)(C)C)cc2c1.C[C@H](CNC(C)(C)C)Oc1cc(C(C)(C)C)ccn1.C[C@H](CNC(C)(C)C)Oc1ccc2oc(C(C)(C)C)cc2c1. The summed E-state index contributed by atoms with van der Waals surface area (Å²) in [5.41, 5.74) is 7.24. The predicted molar refractivity (Wildman–Crippen MR) is 524 cm³/mol. The summed E-state index contributed by atoms with van der Waals surface area (Å²) in [5, 5.41) is 21.6. The number of furan rings is 4. The van der Waals surface area contributed by atoms with E-state index in [0.29, 0.717) is 30.4 Å². The first-order valence-corrected chi connectivity index (χ1v) is 45.4. The highest BCUT2D eigenvalue weighted by Gasteiger charge is 2.26. The Balaban J connectivity index is 0.000000265. The summed E-state index contributed by atoms with van der Waals surface area (Å²) in [5.74, 6) is 9.03. The number of nitrogens with zero attached hydrogens (tertiary/aromatic N) is 2. The molecule has 17 nitrogen and oxygen atoms in total. The lowest BCUT2D eigenvalue weighted by Crippen LogP contribution is -2.41. The van der Waals surface area contributed by atoms with Crippen molar-refractivity contribution >= 4 is 43.9 Å². The maximum atomic E-state index is 6.01. The number of aromatic nitrogens is 2. The first-order chi connectivity index (χ1) is 56.6. The van der Waals surface area contributed by atoms with Gasteiger partial charge in [0.15, 0.2) is 0 Å². The number of unbranched alkanes of at least 4 members (excludes halogenated alkanes) is 1. The number of ether oxygens (including phenoxy) is 6. The Morgan fingerprint density at radius 1 is 0.306 bits per heavy atom. The summed E-state index contributed by atoms with van der Waals surface area (Å²) in [6.45, 7) is 90.5. The molecule has 0 spiro atoms. The lowest BCUT2D eigenvalue weighted by atomic mass is 9.88. The van der Waals surface area contributed by atoms with Crippen molar-refractivity contribution in [2.75, 3.05) is 52.5 Å². The average molecular weight is 1710 g/mol. The fourth-order valence-corrected chi connectivity index (χ4v) is 12.0. The molecule has 0 aliphatic rings. The Morgan fingerprint density at radius 3 is 0.968 bits per heavy atom. The van der Waals surface area contributed by atoms with Gasteiger partial charge in [0.25, 0.3) is 0 Å². The Bertz CT molecular complexity index is 4680. The van der Waals surface area contributed by atoms with E-state index in [1.54, 1.807) is 0 Å². The molecule has 692 valence electrons. The van der Waals surface area contributed by atoms with Gasteiger partial charge in [0, 0.05) is 133 Å². The lowest BCUT2D eigenvalue weighted by molar-refractivity contribution is 0.195. The van der Waals surface area contributed by atoms with Crippen molar-refractivity contribution in [2.24, 2.45) is 5.41 Å². The summed E-state index contributed by atoms with van der Waals surface area (Å²) < 4.78 is 58.9. The van der Waals surface area contributed by atoms with Gasteiger partial charge in [0.2, 0.25) is 11.8 Å². The minimum atomic E-state index is 0.0178. The minimum Gasteiger partial charge on any atom is -0.494 e. The highest BCUT2D eigenvalue weighted by atomic mass is 16.5. The number of fused-ring (bicyclic) bond motifs is 4. The molecule has 0 bridgehead atoms. The zero-order chi connectivity index (χ0) is 93.6. The molecule has 6 aromatic heterocycles. The largest absolute Gasteiger partial charge is 0.494 e. The van der Waals surface area contributed by atoms with Crippen LogP contribution in [0.4, 0.5) is 0 Å². The number of pyridine rings is 2. The monoisotopic (exact) mass is 1710 g/mol. The quantitative estimate of drug-likeness (QED) is 0.0339. The molecular formula is C107H169N7O10. The molecule has 3 atom stereocenters. The number of hydrogen-bond acceptors (Lipinski definition) is 17. The summed E-state index contributed by atoms with van der Waals surface area (Å²) in [7, 11) is 0. The Kier molecular flexibility index (Phi) is 38.3. The molecule has 0 saturated carbocycles. The molecule has 0 amide bonds. The van der Waals surface area contributed by atoms with Gasteiger partial charge in [-0.3, -0.25) is 0 Å². The van der Waals surface area contributed by atoms with Crippen molar-refractivity contribution < 1.29 is 46.1 Å². The smallest absolute Gasteiger partial charge is 0.213 e. The number of benzene rings is 4. The second-order valence-electron chi connectivity index (χ2n) is 46.1. The third-order valence-corrected chi connectivity index (χ3v) is 19.4. The lowest BCUT2D eigenvalue weighted by Gasteiger charge is -2.24. The van der Waals surface area contributed by atoms with Crippen LogP contribution in [0.3, 0.4) is 0 Å². The summed E-state index contributed by atoms with van der Waals surface area (Å²) in [6, 6.07) is 42.6. The van der Waals surface area contributed by atoms with E-state index in [0.717, 1.165) is 141 Å². The second-order valence-corrected chi connectivity index (χ2v) is 46.1. The van der Waals surface area contributed by atoms with Gasteiger partial charge in [-0.1, -0.05) is 151 Å². The van der Waals surface area contributed by atoms with Crippen molar-refractivity contribution in [3.63, 3.8) is 0 Å². The van der Waals surface area contributed by atoms with E-state index in [1.165, 1.54) is 18.4 Å². The van der Waals surface area contributed by atoms with Crippen molar-refractivity contribution in [1.82, 2.24) is 36.6 Å². The van der Waals surface area contributed by atoms with Crippen LogP contribution in [0.2, 0.25) is 0 Å². The van der Waals surface area contributed by atoms with E-state index in [4.69, 9.17) is 46.1 Å². The van der Waals surface area contributed by atoms with Crippen molar-refractivity contribution in [3.05, 3.63) is 168 Å². The molecule has 124 heavy (non-hydrogen) atoms. The van der Waals surface area contributed by atoms with Gasteiger partial charge in [-0.15, -0.1) is 0 Å². The van der Waals surface area contributed by atoms with Crippen LogP contribution in [0.1, 0.15) is 324 Å². The maximum Gasteiger partial charge on any atom is 0.213 e. The Hall–Kier alpha value is -8.06. The minimum absolute atomic E-state index is 0.0178. The third kappa shape index (κ3) is 41.6. The van der Waals surface area contributed by atoms with Crippen molar-refractivity contribution in [1.29, 1.82) is 0 Å². The van der Waals surface area contributed by atoms with Crippen LogP contribution in [0.5, 0.6) is 34.8 Å². The molecule has 0 saturated heterocycles. The van der Waals surface area contributed by atoms with Gasteiger partial charge >= 0.3 is 0 Å². The molecule has 0 aliphatic heterocycles. The topological polar surface area (TPSA) is 194 Å². The van der Waals surface area contributed by atoms with Crippen LogP contribution in [0.15, 0.2) is 151 Å². The number of hydrogen-bond donors (Lipinski definition) is 5. The Morgan fingerprint density at radius 2 is 0.637 bits per heavy atom. The van der Waals surface area contributed by atoms with Crippen LogP contribution >= 0.6 is 0 Å². The molecular weight excluding hydrogens is 1540 g/mol. The zero-order valence-corrected chi connectivity index (χ0v) is 84.7. The second kappa shape index (κ2) is 44.6. The van der Waals surface area contributed by atoms with Gasteiger partial charge in [0.1, 0.15) is 99.9 Å². The van der Waals surface area contributed by atoms with E-state index in [9.17, 15) is 0 Å². The molecule has 0 radical (unpaired) electrons. The summed E-state index contributed by atoms with van der Waals surface area (Å²) >= 11 is 0. The van der Waals surface area contributed by atoms with Gasteiger partial charge in [0.05, 0.1) is 6.61 Å². The van der Waals surface area contributed by atoms with E-state index in [1.807, 2.05) is 91.1 Å². The van der Waals surface area contributed by atoms with Crippen LogP contribution in [0.25, 0.3) is 43.9 Å². The highest BCUT2D eigenvalue weighted by Crippen LogP contribution is 2.37. The highest BCUT2D eigenvalue weighted by molar-refractivity contribution is 5.82. The van der Waals surface area contributed by atoms with E-state index < -0.39 is 0 Å². The number of rotatable bonds is 25. The first kappa shape index (κ1) is 106. The number of nitrogens with one attached hydrogen (secondary N) is 5. The fourth-order valence-electron chi connectivity index (χ4n) is 12.0. The van der Waals surface area contributed by atoms with Crippen molar-refractivity contribution in [2.45, 2.75) is 368 Å². The van der Waals surface area contributed by atoms with Crippen molar-refractivity contribution in [3.8, 4) is 34.8 Å². The van der Waals surface area contributed by atoms with E-state index in [2.05, 4.69) is 349 Å². The fraction of sp³-hybridized carbons (Fsp3) is 0.607. The summed E-state index contributed by atoms with van der Waals surface area (Å²) in [4.78, 5) is 8.82. The Labute approximate surface area is 750 Å². The molecule has 0 aliphatic carbocycles. The predicted octanol–water partition coefficient (Wildman–Crippen LogP) is 27.3. The third-order valence-electron chi connectivity index (χ3n) is 19.4. The standard InChI is InChI=1S/C20H30O2.2C19H29NO2.C18H27NO2.C16H28N2O.C15H26N2O/c1-19(2,3)11-7-8-12-21-16-9-10-17-15(13-16)14-18(22-17)20(4,5)6;2*1-13(12-20-19(5,6)7)21-15-8-9-16-14(10-15)11-17(22-16)18(2,3)4;1-17(2,3)16-12-13-11-14(7-8-15(13)21-16)20-10-9-19-18(4,5)6;1-12(11-18-16(5,6)7)19-14-10-13(8-9-17-14)15(2,3)4;1-14(2,3)12-8-7-9-13(17-12)18-11-10-16-15(4,5)6/h9-10,13-14H,7-8,11-12H2,1-6H3;2*8-11,13,20H,12H2,1-7H3;7-8,11-12,19H,9-10H2,1-6H3;8-10,12,18H,11H2,1-7H3;7-9,16H,10-11H2,1-6H3/t;2*13-;;12-;/m.10.1./s1. The normalized spacial score (nSPS) is 13.5. The molecule has 17 heteroatoms. The van der Waals surface area contributed by atoms with Crippen LogP contribution in [0, 0.1) is 5.41 Å². The van der Waals surface area contributed by atoms with Gasteiger partial charge in [-0.25, -0.2) is 9.97 Å². The van der Waals surface area contributed by atoms with Crippen LogP contribution in [-0.4, -0.2) is 109 Å². The molecule has 6 heterocycles.